The maximum atomic E-state index is 12.5. The lowest BCUT2D eigenvalue weighted by molar-refractivity contribution is -0.384. The fourth-order valence-corrected chi connectivity index (χ4v) is 3.90. The number of nitro groups is 1. The van der Waals surface area contributed by atoms with Crippen molar-refractivity contribution in [2.24, 2.45) is 0 Å². The third-order valence-electron chi connectivity index (χ3n) is 4.83. The SMILES string of the molecule is C=CCn1c(SCC(=O)Nc2cc([N+](=O)[O-])ccc2C)nnc1C(C)Oc1ccccc1OC. The summed E-state index contributed by atoms with van der Waals surface area (Å²) in [5, 5.41) is 22.7. The molecule has 0 aliphatic carbocycles. The summed E-state index contributed by atoms with van der Waals surface area (Å²) in [7, 11) is 1.57. The van der Waals surface area contributed by atoms with Gasteiger partial charge in [-0.1, -0.05) is 36.0 Å². The number of amides is 1. The summed E-state index contributed by atoms with van der Waals surface area (Å²) < 4.78 is 13.2. The van der Waals surface area contributed by atoms with Gasteiger partial charge in [-0.05, 0) is 31.5 Å². The Morgan fingerprint density at radius 3 is 2.71 bits per heavy atom. The number of non-ortho nitro benzene ring substituents is 1. The summed E-state index contributed by atoms with van der Waals surface area (Å²) in [5.41, 5.74) is 1.03. The van der Waals surface area contributed by atoms with Gasteiger partial charge in [0, 0.05) is 18.7 Å². The van der Waals surface area contributed by atoms with Crippen LogP contribution in [0.4, 0.5) is 11.4 Å². The number of anilines is 1. The number of hydrogen-bond donors (Lipinski definition) is 1. The molecule has 1 amide bonds. The van der Waals surface area contributed by atoms with Crippen molar-refractivity contribution >= 4 is 29.0 Å². The maximum absolute atomic E-state index is 12.5. The third-order valence-corrected chi connectivity index (χ3v) is 5.80. The van der Waals surface area contributed by atoms with Gasteiger partial charge in [0.05, 0.1) is 23.5 Å². The van der Waals surface area contributed by atoms with Crippen LogP contribution in [0, 0.1) is 17.0 Å². The van der Waals surface area contributed by atoms with Crippen LogP contribution >= 0.6 is 11.8 Å². The number of nitro benzene ring substituents is 1. The number of allylic oxidation sites excluding steroid dienone is 1. The molecule has 34 heavy (non-hydrogen) atoms. The number of aryl methyl sites for hydroxylation is 1. The number of hydrogen-bond acceptors (Lipinski definition) is 8. The summed E-state index contributed by atoms with van der Waals surface area (Å²) in [5.74, 6) is 1.47. The van der Waals surface area contributed by atoms with Gasteiger partial charge in [-0.25, -0.2) is 0 Å². The van der Waals surface area contributed by atoms with Crippen molar-refractivity contribution in [2.75, 3.05) is 18.2 Å². The zero-order valence-electron chi connectivity index (χ0n) is 19.1. The lowest BCUT2D eigenvalue weighted by Crippen LogP contribution is -2.16. The minimum atomic E-state index is -0.503. The van der Waals surface area contributed by atoms with Crippen LogP contribution in [0.1, 0.15) is 24.4 Å². The number of methoxy groups -OCH3 is 1. The van der Waals surface area contributed by atoms with E-state index in [-0.39, 0.29) is 17.3 Å². The molecule has 3 rings (SSSR count). The summed E-state index contributed by atoms with van der Waals surface area (Å²) in [4.78, 5) is 23.0. The highest BCUT2D eigenvalue weighted by Crippen LogP contribution is 2.31. The molecule has 0 bridgehead atoms. The molecular formula is C23H25N5O5S. The molecule has 1 atom stereocenters. The van der Waals surface area contributed by atoms with E-state index in [1.54, 1.807) is 38.3 Å². The Hall–Kier alpha value is -3.86. The number of para-hydroxylation sites is 2. The molecule has 10 nitrogen and oxygen atoms in total. The van der Waals surface area contributed by atoms with Gasteiger partial charge in [-0.3, -0.25) is 19.5 Å². The first-order valence-corrected chi connectivity index (χ1v) is 11.3. The topological polar surface area (TPSA) is 121 Å². The number of rotatable bonds is 11. The molecule has 0 spiro atoms. The van der Waals surface area contributed by atoms with E-state index in [9.17, 15) is 14.9 Å². The van der Waals surface area contributed by atoms with Crippen LogP contribution in [0.2, 0.25) is 0 Å². The van der Waals surface area contributed by atoms with E-state index < -0.39 is 11.0 Å². The summed E-state index contributed by atoms with van der Waals surface area (Å²) in [6.45, 7) is 7.83. The van der Waals surface area contributed by atoms with Gasteiger partial charge >= 0.3 is 0 Å². The minimum Gasteiger partial charge on any atom is -0.493 e. The van der Waals surface area contributed by atoms with Gasteiger partial charge in [-0.15, -0.1) is 16.8 Å². The molecule has 1 aromatic heterocycles. The largest absolute Gasteiger partial charge is 0.493 e. The normalized spacial score (nSPS) is 11.5. The Morgan fingerprint density at radius 2 is 2.03 bits per heavy atom. The van der Waals surface area contributed by atoms with E-state index in [2.05, 4.69) is 22.1 Å². The third kappa shape index (κ3) is 5.93. The number of nitrogens with zero attached hydrogens (tertiary/aromatic N) is 4. The minimum absolute atomic E-state index is 0.0408. The number of aromatic nitrogens is 3. The molecule has 11 heteroatoms. The molecule has 3 aromatic rings. The Labute approximate surface area is 201 Å². The number of carbonyl (C=O) groups is 1. The molecule has 1 N–H and O–H groups in total. The quantitative estimate of drug-likeness (QED) is 0.182. The summed E-state index contributed by atoms with van der Waals surface area (Å²) in [6.07, 6.45) is 1.26. The number of benzene rings is 2. The van der Waals surface area contributed by atoms with Crippen LogP contribution in [0.25, 0.3) is 0 Å². The molecule has 0 saturated carbocycles. The number of carbonyl (C=O) groups excluding carboxylic acids is 1. The van der Waals surface area contributed by atoms with Crippen LogP contribution in [-0.2, 0) is 11.3 Å². The van der Waals surface area contributed by atoms with E-state index in [0.29, 0.717) is 34.7 Å². The van der Waals surface area contributed by atoms with Gasteiger partial charge in [0.15, 0.2) is 28.6 Å². The molecule has 2 aromatic carbocycles. The van der Waals surface area contributed by atoms with E-state index in [1.807, 2.05) is 23.6 Å². The van der Waals surface area contributed by atoms with E-state index in [0.717, 1.165) is 5.56 Å². The van der Waals surface area contributed by atoms with Crippen molar-refractivity contribution in [3.63, 3.8) is 0 Å². The van der Waals surface area contributed by atoms with Crippen LogP contribution in [0.15, 0.2) is 60.3 Å². The Morgan fingerprint density at radius 1 is 1.29 bits per heavy atom. The van der Waals surface area contributed by atoms with Crippen LogP contribution in [0.5, 0.6) is 11.5 Å². The van der Waals surface area contributed by atoms with Gasteiger partial charge in [0.2, 0.25) is 5.91 Å². The predicted molar refractivity (Wildman–Crippen MR) is 129 cm³/mol. The Kier molecular flexibility index (Phi) is 8.25. The van der Waals surface area contributed by atoms with Crippen molar-refractivity contribution in [3.05, 3.63) is 76.6 Å². The first-order chi connectivity index (χ1) is 16.3. The van der Waals surface area contributed by atoms with Crippen molar-refractivity contribution in [1.29, 1.82) is 0 Å². The number of nitrogens with one attached hydrogen (secondary N) is 1. The second kappa shape index (κ2) is 11.3. The second-order valence-electron chi connectivity index (χ2n) is 7.24. The van der Waals surface area contributed by atoms with Gasteiger partial charge in [0.1, 0.15) is 0 Å². The molecular weight excluding hydrogens is 458 g/mol. The standard InChI is InChI=1S/C23H25N5O5S/c1-5-12-27-22(16(3)33-20-9-7-6-8-19(20)32-4)25-26-23(27)34-14-21(29)24-18-13-17(28(30)31)11-10-15(18)2/h5-11,13,16H,1,12,14H2,2-4H3,(H,24,29). The van der Waals surface area contributed by atoms with Gasteiger partial charge in [0.25, 0.3) is 5.69 Å². The maximum Gasteiger partial charge on any atom is 0.271 e. The zero-order valence-corrected chi connectivity index (χ0v) is 19.9. The molecule has 0 saturated heterocycles. The summed E-state index contributed by atoms with van der Waals surface area (Å²) in [6, 6.07) is 11.6. The predicted octanol–water partition coefficient (Wildman–Crippen LogP) is 4.56. The highest BCUT2D eigenvalue weighted by Gasteiger charge is 2.21. The molecule has 178 valence electrons. The van der Waals surface area contributed by atoms with E-state index in [4.69, 9.17) is 9.47 Å². The molecule has 0 fully saturated rings. The molecule has 0 radical (unpaired) electrons. The smallest absolute Gasteiger partial charge is 0.271 e. The average molecular weight is 484 g/mol. The first-order valence-electron chi connectivity index (χ1n) is 10.3. The van der Waals surface area contributed by atoms with Gasteiger partial charge < -0.3 is 14.8 Å². The lowest BCUT2D eigenvalue weighted by Gasteiger charge is -2.17. The first kappa shape index (κ1) is 24.8. The fraction of sp³-hybridized carbons (Fsp3) is 0.261. The molecule has 1 heterocycles. The zero-order chi connectivity index (χ0) is 24.7. The number of ether oxygens (including phenoxy) is 2. The lowest BCUT2D eigenvalue weighted by atomic mass is 10.2. The van der Waals surface area contributed by atoms with E-state index in [1.165, 1.54) is 23.9 Å². The van der Waals surface area contributed by atoms with E-state index >= 15 is 0 Å². The van der Waals surface area contributed by atoms with Crippen LogP contribution in [-0.4, -0.2) is 38.5 Å². The fourth-order valence-electron chi connectivity index (χ4n) is 3.14. The Balaban J connectivity index is 1.71. The van der Waals surface area contributed by atoms with Crippen LogP contribution < -0.4 is 14.8 Å². The molecule has 1 unspecified atom stereocenters. The van der Waals surface area contributed by atoms with Crippen molar-refractivity contribution in [2.45, 2.75) is 31.7 Å². The van der Waals surface area contributed by atoms with Crippen molar-refractivity contribution in [1.82, 2.24) is 14.8 Å². The molecule has 0 aliphatic heterocycles. The Bertz CT molecular complexity index is 1200. The molecule has 0 aliphatic rings. The van der Waals surface area contributed by atoms with Gasteiger partial charge in [-0.2, -0.15) is 0 Å². The van der Waals surface area contributed by atoms with Crippen LogP contribution in [0.3, 0.4) is 0 Å². The summed E-state index contributed by atoms with van der Waals surface area (Å²) >= 11 is 1.20. The number of thioether (sulfide) groups is 1. The monoisotopic (exact) mass is 483 g/mol. The highest BCUT2D eigenvalue weighted by molar-refractivity contribution is 7.99. The second-order valence-corrected chi connectivity index (χ2v) is 8.19. The van der Waals surface area contributed by atoms with Crippen molar-refractivity contribution < 1.29 is 19.2 Å². The highest BCUT2D eigenvalue weighted by atomic mass is 32.2. The average Bonchev–Trinajstić information content (AvgIpc) is 3.22. The van der Waals surface area contributed by atoms with Crippen molar-refractivity contribution in [3.8, 4) is 11.5 Å².